The molecule has 19 heavy (non-hydrogen) atoms. The summed E-state index contributed by atoms with van der Waals surface area (Å²) in [6.45, 7) is 6.16. The van der Waals surface area contributed by atoms with Crippen LogP contribution < -0.4 is 4.90 Å². The van der Waals surface area contributed by atoms with Gasteiger partial charge in [0.2, 0.25) is 0 Å². The molecule has 0 fully saturated rings. The van der Waals surface area contributed by atoms with Gasteiger partial charge >= 0.3 is 0 Å². The van der Waals surface area contributed by atoms with E-state index >= 15 is 0 Å². The predicted octanol–water partition coefficient (Wildman–Crippen LogP) is 4.06. The first-order valence-corrected chi connectivity index (χ1v) is 7.93. The number of pyridine rings is 1. The van der Waals surface area contributed by atoms with Crippen molar-refractivity contribution in [2.24, 2.45) is 0 Å². The number of alkyl halides is 1. The third kappa shape index (κ3) is 2.37. The Kier molecular flexibility index (Phi) is 3.50. The Labute approximate surface area is 123 Å². The van der Waals surface area contributed by atoms with Crippen molar-refractivity contribution in [2.75, 3.05) is 11.4 Å². The zero-order valence-corrected chi connectivity index (χ0v) is 12.8. The highest BCUT2D eigenvalue weighted by Crippen LogP contribution is 2.30. The Morgan fingerprint density at radius 2 is 2.26 bits per heavy atom. The van der Waals surface area contributed by atoms with E-state index in [0.717, 1.165) is 31.0 Å². The Bertz CT molecular complexity index is 606. The van der Waals surface area contributed by atoms with Gasteiger partial charge in [0.15, 0.2) is 0 Å². The summed E-state index contributed by atoms with van der Waals surface area (Å²) in [5, 5.41) is 2.19. The molecule has 0 radical (unpaired) electrons. The lowest BCUT2D eigenvalue weighted by molar-refractivity contribution is 0.726. The van der Waals surface area contributed by atoms with Crippen molar-refractivity contribution in [2.45, 2.75) is 32.7 Å². The maximum absolute atomic E-state index is 6.12. The minimum atomic E-state index is 0.529. The van der Waals surface area contributed by atoms with Gasteiger partial charge in [-0.15, -0.1) is 22.9 Å². The van der Waals surface area contributed by atoms with Crippen molar-refractivity contribution >= 4 is 28.8 Å². The summed E-state index contributed by atoms with van der Waals surface area (Å²) in [5.41, 5.74) is 4.93. The van der Waals surface area contributed by atoms with E-state index in [0.29, 0.717) is 5.88 Å². The SMILES string of the molecule is Cc1cc(C)c(CCl)c(N2CCc3sccc3C2)n1. The van der Waals surface area contributed by atoms with E-state index in [-0.39, 0.29) is 0 Å². The second-order valence-corrected chi connectivity index (χ2v) is 6.32. The maximum Gasteiger partial charge on any atom is 0.133 e. The van der Waals surface area contributed by atoms with E-state index in [9.17, 15) is 0 Å². The van der Waals surface area contributed by atoms with Gasteiger partial charge in [0, 0.05) is 29.2 Å². The Hall–Kier alpha value is -1.06. The van der Waals surface area contributed by atoms with Gasteiger partial charge < -0.3 is 4.90 Å². The molecule has 0 aliphatic carbocycles. The number of hydrogen-bond donors (Lipinski definition) is 0. The zero-order chi connectivity index (χ0) is 13.4. The van der Waals surface area contributed by atoms with Gasteiger partial charge in [-0.2, -0.15) is 0 Å². The van der Waals surface area contributed by atoms with Crippen LogP contribution in [0.25, 0.3) is 0 Å². The fraction of sp³-hybridized carbons (Fsp3) is 0.400. The molecule has 0 bridgehead atoms. The van der Waals surface area contributed by atoms with Gasteiger partial charge in [-0.25, -0.2) is 4.98 Å². The molecule has 2 nitrogen and oxygen atoms in total. The number of fused-ring (bicyclic) bond motifs is 1. The number of thiophene rings is 1. The number of rotatable bonds is 2. The first-order valence-electron chi connectivity index (χ1n) is 6.52. The minimum Gasteiger partial charge on any atom is -0.352 e. The molecule has 0 N–H and O–H groups in total. The molecule has 0 saturated carbocycles. The number of anilines is 1. The highest BCUT2D eigenvalue weighted by molar-refractivity contribution is 7.10. The number of nitrogens with zero attached hydrogens (tertiary/aromatic N) is 2. The largest absolute Gasteiger partial charge is 0.352 e. The molecule has 0 atom stereocenters. The predicted molar refractivity (Wildman–Crippen MR) is 82.3 cm³/mol. The quantitative estimate of drug-likeness (QED) is 0.776. The zero-order valence-electron chi connectivity index (χ0n) is 11.2. The second-order valence-electron chi connectivity index (χ2n) is 5.06. The third-order valence-electron chi connectivity index (χ3n) is 3.69. The molecule has 0 saturated heterocycles. The van der Waals surface area contributed by atoms with Gasteiger partial charge in [-0.3, -0.25) is 0 Å². The van der Waals surface area contributed by atoms with Crippen LogP contribution in [0.3, 0.4) is 0 Å². The average molecular weight is 293 g/mol. The van der Waals surface area contributed by atoms with Gasteiger partial charge in [-0.05, 0) is 48.9 Å². The van der Waals surface area contributed by atoms with E-state index in [1.807, 2.05) is 11.3 Å². The topological polar surface area (TPSA) is 16.1 Å². The average Bonchev–Trinajstić information content (AvgIpc) is 2.85. The fourth-order valence-electron chi connectivity index (χ4n) is 2.70. The Balaban J connectivity index is 1.99. The molecule has 0 aromatic carbocycles. The van der Waals surface area contributed by atoms with E-state index < -0.39 is 0 Å². The Morgan fingerprint density at radius 1 is 1.42 bits per heavy atom. The number of hydrogen-bond acceptors (Lipinski definition) is 3. The van der Waals surface area contributed by atoms with Crippen LogP contribution >= 0.6 is 22.9 Å². The lowest BCUT2D eigenvalue weighted by Gasteiger charge is -2.30. The molecule has 3 rings (SSSR count). The van der Waals surface area contributed by atoms with Gasteiger partial charge in [0.1, 0.15) is 5.82 Å². The van der Waals surface area contributed by atoms with Crippen LogP contribution in [0.5, 0.6) is 0 Å². The molecule has 1 aliphatic rings. The molecular formula is C15H17ClN2S. The van der Waals surface area contributed by atoms with Crippen molar-refractivity contribution < 1.29 is 0 Å². The van der Waals surface area contributed by atoms with Gasteiger partial charge in [-0.1, -0.05) is 0 Å². The fourth-order valence-corrected chi connectivity index (χ4v) is 3.92. The molecule has 2 aromatic heterocycles. The molecule has 0 spiro atoms. The van der Waals surface area contributed by atoms with Gasteiger partial charge in [0.25, 0.3) is 0 Å². The first kappa shape index (κ1) is 12.9. The van der Waals surface area contributed by atoms with Crippen LogP contribution in [0.1, 0.15) is 27.3 Å². The number of aromatic nitrogens is 1. The van der Waals surface area contributed by atoms with E-state index in [1.165, 1.54) is 21.6 Å². The summed E-state index contributed by atoms with van der Waals surface area (Å²) in [7, 11) is 0. The standard InChI is InChI=1S/C15H17ClN2S/c1-10-7-11(2)17-15(13(10)8-16)18-5-3-14-12(9-18)4-6-19-14/h4,6-7H,3,5,8-9H2,1-2H3. The lowest BCUT2D eigenvalue weighted by atomic mass is 10.1. The minimum absolute atomic E-state index is 0.529. The van der Waals surface area contributed by atoms with Crippen LogP contribution in [0, 0.1) is 13.8 Å². The summed E-state index contributed by atoms with van der Waals surface area (Å²) in [4.78, 5) is 8.62. The summed E-state index contributed by atoms with van der Waals surface area (Å²) >= 11 is 7.99. The summed E-state index contributed by atoms with van der Waals surface area (Å²) < 4.78 is 0. The van der Waals surface area contributed by atoms with Crippen LogP contribution in [0.15, 0.2) is 17.5 Å². The van der Waals surface area contributed by atoms with Crippen molar-refractivity contribution in [3.8, 4) is 0 Å². The molecule has 0 amide bonds. The summed E-state index contributed by atoms with van der Waals surface area (Å²) in [5.74, 6) is 1.60. The van der Waals surface area contributed by atoms with Crippen LogP contribution in [-0.4, -0.2) is 11.5 Å². The normalized spacial score (nSPS) is 14.6. The monoisotopic (exact) mass is 292 g/mol. The summed E-state index contributed by atoms with van der Waals surface area (Å²) in [6, 6.07) is 4.34. The third-order valence-corrected chi connectivity index (χ3v) is 4.98. The van der Waals surface area contributed by atoms with Crippen LogP contribution in [-0.2, 0) is 18.8 Å². The van der Waals surface area contributed by atoms with E-state index in [4.69, 9.17) is 16.6 Å². The van der Waals surface area contributed by atoms with Gasteiger partial charge in [0.05, 0.1) is 5.88 Å². The first-order chi connectivity index (χ1) is 9.19. The number of aryl methyl sites for hydroxylation is 2. The molecular weight excluding hydrogens is 276 g/mol. The van der Waals surface area contributed by atoms with Crippen molar-refractivity contribution in [1.29, 1.82) is 0 Å². The molecule has 2 aromatic rings. The summed E-state index contributed by atoms with van der Waals surface area (Å²) in [6.07, 6.45) is 1.11. The van der Waals surface area contributed by atoms with Crippen LogP contribution in [0.2, 0.25) is 0 Å². The molecule has 3 heterocycles. The Morgan fingerprint density at radius 3 is 3.05 bits per heavy atom. The van der Waals surface area contributed by atoms with E-state index in [1.54, 1.807) is 0 Å². The highest BCUT2D eigenvalue weighted by Gasteiger charge is 2.21. The highest BCUT2D eigenvalue weighted by atomic mass is 35.5. The van der Waals surface area contributed by atoms with E-state index in [2.05, 4.69) is 36.3 Å². The molecule has 100 valence electrons. The second kappa shape index (κ2) is 5.14. The molecule has 4 heteroatoms. The van der Waals surface area contributed by atoms with Crippen molar-refractivity contribution in [3.63, 3.8) is 0 Å². The molecule has 1 aliphatic heterocycles. The van der Waals surface area contributed by atoms with Crippen molar-refractivity contribution in [3.05, 3.63) is 44.8 Å². The molecule has 0 unspecified atom stereocenters. The smallest absolute Gasteiger partial charge is 0.133 e. The number of halogens is 1. The van der Waals surface area contributed by atoms with Crippen LogP contribution in [0.4, 0.5) is 5.82 Å². The van der Waals surface area contributed by atoms with Crippen molar-refractivity contribution in [1.82, 2.24) is 4.98 Å². The lowest BCUT2D eigenvalue weighted by Crippen LogP contribution is -2.31. The maximum atomic E-state index is 6.12.